The largest absolute Gasteiger partial charge is 0.480 e. The number of ether oxygens (including phenoxy) is 1. The van der Waals surface area contributed by atoms with Crippen LogP contribution in [0.1, 0.15) is 70.4 Å². The van der Waals surface area contributed by atoms with Crippen LogP contribution in [0.5, 0.6) is 0 Å². The lowest BCUT2D eigenvalue weighted by Crippen LogP contribution is -2.48. The highest BCUT2D eigenvalue weighted by molar-refractivity contribution is 6.07. The number of carbonyl (C=O) groups is 2. The average Bonchev–Trinajstić information content (AvgIpc) is 4.24. The van der Waals surface area contributed by atoms with E-state index in [1.165, 1.54) is 25.7 Å². The van der Waals surface area contributed by atoms with Crippen LogP contribution in [0, 0.1) is 0 Å². The van der Waals surface area contributed by atoms with Crippen LogP contribution in [-0.2, 0) is 14.3 Å². The quantitative estimate of drug-likeness (QED) is 0.110. The first-order valence-corrected chi connectivity index (χ1v) is 25.1. The van der Waals surface area contributed by atoms with Crippen LogP contribution in [0.4, 0.5) is 35.2 Å². The molecule has 22 nitrogen and oxygen atoms in total. The van der Waals surface area contributed by atoms with Crippen LogP contribution in [0.3, 0.4) is 0 Å². The van der Waals surface area contributed by atoms with E-state index in [0.717, 1.165) is 120 Å². The normalized spacial score (nSPS) is 17.2. The smallest absolute Gasteiger partial charge is 0.320 e. The fourth-order valence-electron chi connectivity index (χ4n) is 10.7. The van der Waals surface area contributed by atoms with Crippen molar-refractivity contribution >= 4 is 91.0 Å². The van der Waals surface area contributed by atoms with Crippen LogP contribution >= 0.6 is 0 Å². The Balaban J connectivity index is 0.000000156. The fourth-order valence-corrected chi connectivity index (χ4v) is 10.7. The minimum atomic E-state index is -0.797. The van der Waals surface area contributed by atoms with E-state index in [1.807, 2.05) is 85.4 Å². The van der Waals surface area contributed by atoms with Crippen LogP contribution in [0.2, 0.25) is 0 Å². The molecule has 2 saturated carbocycles. The monoisotopic (exact) mass is 974 g/mol. The number of anilines is 6. The number of piperazine rings is 2. The predicted molar refractivity (Wildman–Crippen MR) is 273 cm³/mol. The van der Waals surface area contributed by atoms with Gasteiger partial charge in [0.15, 0.2) is 23.3 Å². The minimum Gasteiger partial charge on any atom is -0.480 e. The lowest BCUT2D eigenvalue weighted by molar-refractivity contribution is -0.144. The van der Waals surface area contributed by atoms with Crippen LogP contribution < -0.4 is 20.4 Å². The number of rotatable bonds is 13. The van der Waals surface area contributed by atoms with Gasteiger partial charge in [0.1, 0.15) is 11.3 Å². The second-order valence-corrected chi connectivity index (χ2v) is 18.8. The number of carboxylic acids is 1. The number of fused-ring (bicyclic) bond motifs is 6. The summed E-state index contributed by atoms with van der Waals surface area (Å²) in [5.41, 5.74) is 4.06. The molecule has 22 heteroatoms. The summed E-state index contributed by atoms with van der Waals surface area (Å²) in [6.45, 7) is 8.56. The van der Waals surface area contributed by atoms with Crippen LogP contribution in [0.15, 0.2) is 73.6 Å². The number of aromatic nitrogens is 12. The molecule has 2 aliphatic heterocycles. The molecule has 0 unspecified atom stereocenters. The fraction of sp³-hybridized carbons (Fsp3) is 0.440. The number of nitrogens with one attached hydrogen (secondary N) is 2. The molecule has 4 aliphatic rings. The van der Waals surface area contributed by atoms with E-state index in [2.05, 4.69) is 74.8 Å². The van der Waals surface area contributed by atoms with E-state index in [-0.39, 0.29) is 12.5 Å². The third-order valence-electron chi connectivity index (χ3n) is 14.3. The summed E-state index contributed by atoms with van der Waals surface area (Å²) < 4.78 is 9.72. The molecular formula is C50H58N18O4. The Hall–Kier alpha value is -7.72. The first-order chi connectivity index (χ1) is 35.3. The molecule has 8 aromatic heterocycles. The van der Waals surface area contributed by atoms with E-state index in [9.17, 15) is 9.59 Å². The third kappa shape index (κ3) is 9.95. The van der Waals surface area contributed by atoms with Crippen molar-refractivity contribution in [1.82, 2.24) is 69.2 Å². The maximum Gasteiger partial charge on any atom is 0.320 e. The number of hydrogen-bond donors (Lipinski definition) is 3. The summed E-state index contributed by atoms with van der Waals surface area (Å²) in [6.07, 6.45) is 20.8. The van der Waals surface area contributed by atoms with Gasteiger partial charge in [-0.2, -0.15) is 9.97 Å². The molecular weight excluding hydrogens is 917 g/mol. The minimum absolute atomic E-state index is 0.0723. The van der Waals surface area contributed by atoms with Gasteiger partial charge < -0.3 is 39.4 Å². The first-order valence-electron chi connectivity index (χ1n) is 25.1. The van der Waals surface area contributed by atoms with Crippen molar-refractivity contribution in [2.45, 2.75) is 70.4 Å². The van der Waals surface area contributed by atoms with Crippen LogP contribution in [-0.4, -0.2) is 158 Å². The van der Waals surface area contributed by atoms with Gasteiger partial charge in [0.05, 0.1) is 43.1 Å². The highest BCUT2D eigenvalue weighted by atomic mass is 16.5. The van der Waals surface area contributed by atoms with Gasteiger partial charge >= 0.3 is 11.9 Å². The zero-order valence-electron chi connectivity index (χ0n) is 40.3. The summed E-state index contributed by atoms with van der Waals surface area (Å²) >= 11 is 0. The lowest BCUT2D eigenvalue weighted by Gasteiger charge is -2.34. The average molecular weight is 975 g/mol. The molecule has 372 valence electrons. The topological polar surface area (TPSA) is 239 Å². The number of aliphatic carboxylic acids is 1. The lowest BCUT2D eigenvalue weighted by atomic mass is 10.2. The number of nitrogens with zero attached hydrogens (tertiary/aromatic N) is 16. The van der Waals surface area contributed by atoms with Crippen molar-refractivity contribution in [3.8, 4) is 0 Å². The van der Waals surface area contributed by atoms with Gasteiger partial charge in [-0.1, -0.05) is 25.7 Å². The molecule has 0 spiro atoms. The standard InChI is InChI=1S/C26H31N9O2.C24H27N9O2/c1-2-37-24(36)17-33-11-13-34(14-12-33)23-8-7-22(31-32-23)29-26-28-15-20-19-9-10-27-16-21(19)35(25(20)30-26)18-5-3-4-6-18;34-22(35)15-31-9-11-32(12-10-31)21-6-5-20(29-30-21)27-24-26-13-18-17-7-8-25-14-19(17)33(23(18)28-24)16-3-1-2-4-16/h7-10,15-16,18H,2-6,11-14,17H2,1H3,(H,28,29,30,31);5-8,13-14,16H,1-4,9-12,15H2,(H,34,35)(H,26,27,28,29). The number of carbonyl (C=O) groups excluding carboxylic acids is 1. The van der Waals surface area contributed by atoms with Gasteiger partial charge in [0.25, 0.3) is 0 Å². The number of hydrogen-bond acceptors (Lipinski definition) is 19. The van der Waals surface area contributed by atoms with Gasteiger partial charge in [-0.15, -0.1) is 20.4 Å². The van der Waals surface area contributed by atoms with E-state index < -0.39 is 5.97 Å². The zero-order chi connectivity index (χ0) is 49.0. The molecule has 0 atom stereocenters. The van der Waals surface area contributed by atoms with Crippen molar-refractivity contribution in [2.75, 3.05) is 92.5 Å². The molecule has 10 heterocycles. The number of pyridine rings is 2. The second kappa shape index (κ2) is 20.9. The van der Waals surface area contributed by atoms with Gasteiger partial charge in [0.2, 0.25) is 11.9 Å². The highest BCUT2D eigenvalue weighted by Crippen LogP contribution is 2.39. The summed E-state index contributed by atoms with van der Waals surface area (Å²) in [4.78, 5) is 58.6. The molecule has 0 amide bonds. The molecule has 0 aromatic carbocycles. The molecule has 3 N–H and O–H groups in total. The summed E-state index contributed by atoms with van der Waals surface area (Å²) in [5.74, 6) is 2.76. The Labute approximate surface area is 414 Å². The third-order valence-corrected chi connectivity index (χ3v) is 14.3. The van der Waals surface area contributed by atoms with E-state index in [0.29, 0.717) is 61.9 Å². The SMILES string of the molecule is CCOC(=O)CN1CCN(c2ccc(Nc3ncc4c5ccncc5n(C5CCCC5)c4n3)nn2)CC1.O=C(O)CN1CCN(c2ccc(Nc3ncc4c5ccncc5n(C5CCCC5)c4n3)nn2)CC1. The Bertz CT molecular complexity index is 3170. The van der Waals surface area contributed by atoms with Gasteiger partial charge in [-0.05, 0) is 69.0 Å². The molecule has 2 aliphatic carbocycles. The Morgan fingerprint density at radius 1 is 0.583 bits per heavy atom. The van der Waals surface area contributed by atoms with E-state index in [1.54, 1.807) is 0 Å². The van der Waals surface area contributed by atoms with Crippen LogP contribution in [0.25, 0.3) is 43.9 Å². The van der Waals surface area contributed by atoms with Gasteiger partial charge in [0, 0.05) is 111 Å². The highest BCUT2D eigenvalue weighted by Gasteiger charge is 2.26. The molecule has 4 fully saturated rings. The predicted octanol–water partition coefficient (Wildman–Crippen LogP) is 6.15. The van der Waals surface area contributed by atoms with Crippen molar-refractivity contribution in [2.24, 2.45) is 0 Å². The molecule has 12 rings (SSSR count). The van der Waals surface area contributed by atoms with Crippen molar-refractivity contribution in [1.29, 1.82) is 0 Å². The molecule has 8 aromatic rings. The second-order valence-electron chi connectivity index (χ2n) is 18.8. The summed E-state index contributed by atoms with van der Waals surface area (Å²) in [7, 11) is 0. The van der Waals surface area contributed by atoms with E-state index >= 15 is 0 Å². The molecule has 2 saturated heterocycles. The van der Waals surface area contributed by atoms with Crippen molar-refractivity contribution in [3.05, 3.63) is 73.6 Å². The van der Waals surface area contributed by atoms with Gasteiger partial charge in [-0.3, -0.25) is 29.4 Å². The maximum atomic E-state index is 11.7. The summed E-state index contributed by atoms with van der Waals surface area (Å²) in [5, 5.41) is 37.2. The molecule has 72 heavy (non-hydrogen) atoms. The van der Waals surface area contributed by atoms with E-state index in [4.69, 9.17) is 19.8 Å². The summed E-state index contributed by atoms with van der Waals surface area (Å²) in [6, 6.07) is 12.6. The first kappa shape index (κ1) is 46.7. The molecule has 0 radical (unpaired) electrons. The molecule has 0 bridgehead atoms. The van der Waals surface area contributed by atoms with Gasteiger partial charge in [-0.25, -0.2) is 9.97 Å². The number of esters is 1. The number of carboxylic acid groups (broad SMARTS) is 1. The maximum absolute atomic E-state index is 11.7. The van der Waals surface area contributed by atoms with Crippen molar-refractivity contribution < 1.29 is 19.4 Å². The Morgan fingerprint density at radius 2 is 1.04 bits per heavy atom. The Morgan fingerprint density at radius 3 is 1.46 bits per heavy atom. The van der Waals surface area contributed by atoms with Crippen molar-refractivity contribution in [3.63, 3.8) is 0 Å². The zero-order valence-corrected chi connectivity index (χ0v) is 40.3. The Kier molecular flexibility index (Phi) is 13.6.